The maximum atomic E-state index is 12.2. The SMILES string of the molecule is CO[C@@H]1CCCN(C(=O)CCc2ccc(C(=O)O)cc2)C1. The fourth-order valence-electron chi connectivity index (χ4n) is 2.58. The van der Waals surface area contributed by atoms with Crippen LogP contribution in [0.1, 0.15) is 35.2 Å². The number of hydrogen-bond donors (Lipinski definition) is 1. The lowest BCUT2D eigenvalue weighted by Gasteiger charge is -2.32. The first-order valence-corrected chi connectivity index (χ1v) is 7.23. The summed E-state index contributed by atoms with van der Waals surface area (Å²) in [5.41, 5.74) is 1.25. The first-order valence-electron chi connectivity index (χ1n) is 7.23. The van der Waals surface area contributed by atoms with E-state index in [0.717, 1.165) is 24.9 Å². The fraction of sp³-hybridized carbons (Fsp3) is 0.500. The maximum absolute atomic E-state index is 12.2. The Bertz CT molecular complexity index is 498. The second-order valence-electron chi connectivity index (χ2n) is 5.34. The number of benzene rings is 1. The van der Waals surface area contributed by atoms with Gasteiger partial charge in [-0.15, -0.1) is 0 Å². The highest BCUT2D eigenvalue weighted by Crippen LogP contribution is 2.15. The Labute approximate surface area is 124 Å². The molecule has 114 valence electrons. The van der Waals surface area contributed by atoms with Gasteiger partial charge >= 0.3 is 5.97 Å². The van der Waals surface area contributed by atoms with Crippen LogP contribution in [0.5, 0.6) is 0 Å². The number of likely N-dealkylation sites (tertiary alicyclic amines) is 1. The van der Waals surface area contributed by atoms with Gasteiger partial charge in [0, 0.05) is 26.6 Å². The second kappa shape index (κ2) is 7.22. The molecule has 0 spiro atoms. The van der Waals surface area contributed by atoms with Gasteiger partial charge in [-0.3, -0.25) is 4.79 Å². The molecule has 5 nitrogen and oxygen atoms in total. The number of piperidine rings is 1. The molecule has 1 saturated heterocycles. The van der Waals surface area contributed by atoms with Gasteiger partial charge in [0.15, 0.2) is 0 Å². The van der Waals surface area contributed by atoms with Crippen molar-refractivity contribution >= 4 is 11.9 Å². The number of ether oxygens (including phenoxy) is 1. The van der Waals surface area contributed by atoms with Crippen molar-refractivity contribution < 1.29 is 19.4 Å². The molecule has 0 aromatic heterocycles. The molecule has 1 aromatic carbocycles. The number of carbonyl (C=O) groups excluding carboxylic acids is 1. The monoisotopic (exact) mass is 291 g/mol. The number of amides is 1. The molecule has 0 bridgehead atoms. The highest BCUT2D eigenvalue weighted by atomic mass is 16.5. The summed E-state index contributed by atoms with van der Waals surface area (Å²) in [5.74, 6) is -0.796. The van der Waals surface area contributed by atoms with E-state index in [-0.39, 0.29) is 17.6 Å². The molecule has 1 heterocycles. The van der Waals surface area contributed by atoms with Gasteiger partial charge in [0.25, 0.3) is 0 Å². The molecule has 0 radical (unpaired) electrons. The van der Waals surface area contributed by atoms with E-state index in [1.54, 1.807) is 31.4 Å². The number of carboxylic acid groups (broad SMARTS) is 1. The quantitative estimate of drug-likeness (QED) is 0.900. The lowest BCUT2D eigenvalue weighted by Crippen LogP contribution is -2.42. The molecule has 1 aliphatic rings. The molecule has 1 aromatic rings. The van der Waals surface area contributed by atoms with Crippen LogP contribution in [0, 0.1) is 0 Å². The van der Waals surface area contributed by atoms with Crippen LogP contribution in [0.2, 0.25) is 0 Å². The predicted molar refractivity (Wildman–Crippen MR) is 78.3 cm³/mol. The Morgan fingerprint density at radius 1 is 1.33 bits per heavy atom. The van der Waals surface area contributed by atoms with Gasteiger partial charge in [-0.05, 0) is 37.0 Å². The van der Waals surface area contributed by atoms with Gasteiger partial charge < -0.3 is 14.7 Å². The fourth-order valence-corrected chi connectivity index (χ4v) is 2.58. The van der Waals surface area contributed by atoms with Crippen LogP contribution in [0.25, 0.3) is 0 Å². The Hall–Kier alpha value is -1.88. The minimum Gasteiger partial charge on any atom is -0.478 e. The van der Waals surface area contributed by atoms with E-state index < -0.39 is 5.97 Å². The molecular weight excluding hydrogens is 270 g/mol. The minimum absolute atomic E-state index is 0.138. The summed E-state index contributed by atoms with van der Waals surface area (Å²) in [4.78, 5) is 24.8. The molecule has 21 heavy (non-hydrogen) atoms. The summed E-state index contributed by atoms with van der Waals surface area (Å²) in [7, 11) is 1.68. The minimum atomic E-state index is -0.934. The van der Waals surface area contributed by atoms with E-state index in [1.165, 1.54) is 0 Å². The Balaban J connectivity index is 1.84. The van der Waals surface area contributed by atoms with Crippen molar-refractivity contribution in [2.24, 2.45) is 0 Å². The first-order chi connectivity index (χ1) is 10.1. The molecule has 0 unspecified atom stereocenters. The van der Waals surface area contributed by atoms with Gasteiger partial charge in [0.05, 0.1) is 11.7 Å². The number of rotatable bonds is 5. The van der Waals surface area contributed by atoms with Crippen molar-refractivity contribution in [2.75, 3.05) is 20.2 Å². The van der Waals surface area contributed by atoms with E-state index in [2.05, 4.69) is 0 Å². The van der Waals surface area contributed by atoms with Gasteiger partial charge in [-0.25, -0.2) is 4.79 Å². The van der Waals surface area contributed by atoms with Gasteiger partial charge in [-0.2, -0.15) is 0 Å². The van der Waals surface area contributed by atoms with Crippen molar-refractivity contribution in [3.63, 3.8) is 0 Å². The predicted octanol–water partition coefficient (Wildman–Crippen LogP) is 1.95. The van der Waals surface area contributed by atoms with Crippen LogP contribution in [0.3, 0.4) is 0 Å². The highest BCUT2D eigenvalue weighted by Gasteiger charge is 2.22. The third-order valence-corrected chi connectivity index (χ3v) is 3.89. The average Bonchev–Trinajstić information content (AvgIpc) is 2.53. The van der Waals surface area contributed by atoms with Crippen LogP contribution in [-0.4, -0.2) is 48.2 Å². The van der Waals surface area contributed by atoms with Gasteiger partial charge in [-0.1, -0.05) is 12.1 Å². The number of nitrogens with zero attached hydrogens (tertiary/aromatic N) is 1. The lowest BCUT2D eigenvalue weighted by molar-refractivity contribution is -0.134. The van der Waals surface area contributed by atoms with Crippen LogP contribution in [-0.2, 0) is 16.0 Å². The summed E-state index contributed by atoms with van der Waals surface area (Å²) in [6.45, 7) is 1.48. The summed E-state index contributed by atoms with van der Waals surface area (Å²) in [6.07, 6.45) is 3.22. The molecule has 1 aliphatic heterocycles. The summed E-state index contributed by atoms with van der Waals surface area (Å²) < 4.78 is 5.32. The number of carboxylic acids is 1. The average molecular weight is 291 g/mol. The third kappa shape index (κ3) is 4.29. The van der Waals surface area contributed by atoms with Crippen LogP contribution < -0.4 is 0 Å². The van der Waals surface area contributed by atoms with E-state index in [9.17, 15) is 9.59 Å². The first kappa shape index (κ1) is 15.5. The van der Waals surface area contributed by atoms with Crippen LogP contribution >= 0.6 is 0 Å². The number of aromatic carboxylic acids is 1. The van der Waals surface area contributed by atoms with Crippen molar-refractivity contribution in [3.8, 4) is 0 Å². The summed E-state index contributed by atoms with van der Waals surface area (Å²) >= 11 is 0. The zero-order valence-corrected chi connectivity index (χ0v) is 12.2. The zero-order valence-electron chi connectivity index (χ0n) is 12.2. The molecular formula is C16H21NO4. The van der Waals surface area contributed by atoms with Crippen molar-refractivity contribution in [3.05, 3.63) is 35.4 Å². The maximum Gasteiger partial charge on any atom is 0.335 e. The standard InChI is InChI=1S/C16H21NO4/c1-21-14-3-2-10-17(11-14)15(18)9-6-12-4-7-13(8-5-12)16(19)20/h4-5,7-8,14H,2-3,6,9-11H2,1H3,(H,19,20)/t14-/m1/s1. The second-order valence-corrected chi connectivity index (χ2v) is 5.34. The van der Waals surface area contributed by atoms with Crippen molar-refractivity contribution in [1.29, 1.82) is 0 Å². The molecule has 1 N–H and O–H groups in total. The van der Waals surface area contributed by atoms with Crippen LogP contribution in [0.4, 0.5) is 0 Å². The highest BCUT2D eigenvalue weighted by molar-refractivity contribution is 5.87. The van der Waals surface area contributed by atoms with E-state index in [0.29, 0.717) is 19.4 Å². The molecule has 0 aliphatic carbocycles. The normalized spacial score (nSPS) is 18.5. The third-order valence-electron chi connectivity index (χ3n) is 3.89. The van der Waals surface area contributed by atoms with Crippen molar-refractivity contribution in [2.45, 2.75) is 31.8 Å². The van der Waals surface area contributed by atoms with E-state index in [4.69, 9.17) is 9.84 Å². The number of aryl methyl sites for hydroxylation is 1. The molecule has 5 heteroatoms. The van der Waals surface area contributed by atoms with Gasteiger partial charge in [0.1, 0.15) is 0 Å². The van der Waals surface area contributed by atoms with Gasteiger partial charge in [0.2, 0.25) is 5.91 Å². The largest absolute Gasteiger partial charge is 0.478 e. The molecule has 1 fully saturated rings. The number of hydrogen-bond acceptors (Lipinski definition) is 3. The topological polar surface area (TPSA) is 66.8 Å². The zero-order chi connectivity index (χ0) is 15.2. The summed E-state index contributed by atoms with van der Waals surface area (Å²) in [6, 6.07) is 6.68. The molecule has 2 rings (SSSR count). The van der Waals surface area contributed by atoms with Crippen molar-refractivity contribution in [1.82, 2.24) is 4.90 Å². The Kier molecular flexibility index (Phi) is 5.33. The number of carbonyl (C=O) groups is 2. The Morgan fingerprint density at radius 3 is 2.67 bits per heavy atom. The van der Waals surface area contributed by atoms with E-state index in [1.807, 2.05) is 4.90 Å². The lowest BCUT2D eigenvalue weighted by atomic mass is 10.0. The summed E-state index contributed by atoms with van der Waals surface area (Å²) in [5, 5.41) is 8.84. The molecule has 1 amide bonds. The number of methoxy groups -OCH3 is 1. The smallest absolute Gasteiger partial charge is 0.335 e. The molecule has 0 saturated carbocycles. The van der Waals surface area contributed by atoms with E-state index >= 15 is 0 Å². The van der Waals surface area contributed by atoms with Crippen LogP contribution in [0.15, 0.2) is 24.3 Å². The Morgan fingerprint density at radius 2 is 2.05 bits per heavy atom. The molecule has 1 atom stereocenters.